The Kier molecular flexibility index (Phi) is 5.84. The summed E-state index contributed by atoms with van der Waals surface area (Å²) in [5.41, 5.74) is 7.00. The van der Waals surface area contributed by atoms with Crippen LogP contribution in [0.15, 0.2) is 60.7 Å². The highest BCUT2D eigenvalue weighted by Crippen LogP contribution is 2.48. The Labute approximate surface area is 197 Å². The monoisotopic (exact) mass is 455 g/mol. The lowest BCUT2D eigenvalue weighted by Crippen LogP contribution is -2.37. The van der Waals surface area contributed by atoms with Crippen LogP contribution in [0.3, 0.4) is 0 Å². The molecule has 7 nitrogen and oxygen atoms in total. The molecule has 0 unspecified atom stereocenters. The molecule has 3 aliphatic rings. The third-order valence-electron chi connectivity index (χ3n) is 6.61. The van der Waals surface area contributed by atoms with Gasteiger partial charge in [-0.3, -0.25) is 24.1 Å². The normalized spacial score (nSPS) is 16.4. The van der Waals surface area contributed by atoms with E-state index < -0.39 is 11.8 Å². The fourth-order valence-corrected chi connectivity index (χ4v) is 4.76. The molecule has 5 rings (SSSR count). The molecule has 0 atom stereocenters. The van der Waals surface area contributed by atoms with Gasteiger partial charge in [0.1, 0.15) is 0 Å². The van der Waals surface area contributed by atoms with Gasteiger partial charge in [-0.05, 0) is 41.2 Å². The van der Waals surface area contributed by atoms with Crippen molar-refractivity contribution in [1.82, 2.24) is 10.2 Å². The van der Waals surface area contributed by atoms with E-state index >= 15 is 0 Å². The first-order chi connectivity index (χ1) is 16.5. The highest BCUT2D eigenvalue weighted by Gasteiger charge is 2.30. The highest BCUT2D eigenvalue weighted by molar-refractivity contribution is 6.13. The molecule has 4 amide bonds. The Morgan fingerprint density at radius 1 is 0.824 bits per heavy atom. The first-order valence-electron chi connectivity index (χ1n) is 11.5. The average Bonchev–Trinajstić information content (AvgIpc) is 3.13. The van der Waals surface area contributed by atoms with Crippen molar-refractivity contribution in [3.05, 3.63) is 77.4 Å². The smallest absolute Gasteiger partial charge is 0.253 e. The van der Waals surface area contributed by atoms with Gasteiger partial charge in [-0.15, -0.1) is 0 Å². The molecule has 1 N–H and O–H groups in total. The maximum atomic E-state index is 13.3. The van der Waals surface area contributed by atoms with E-state index in [1.807, 2.05) is 35.2 Å². The van der Waals surface area contributed by atoms with Crippen molar-refractivity contribution >= 4 is 40.5 Å². The van der Waals surface area contributed by atoms with Gasteiger partial charge in [0.25, 0.3) is 11.8 Å². The SMILES string of the molecule is O=C(CCN1C(=O)C=CC1=O)NCCC(=O)N1Cc2ccccc2C2=C(CC2)c2ccccc21. The number of fused-ring (bicyclic) bond motifs is 4. The van der Waals surface area contributed by atoms with Crippen molar-refractivity contribution in [1.29, 1.82) is 0 Å². The number of rotatable bonds is 6. The van der Waals surface area contributed by atoms with Crippen molar-refractivity contribution in [2.45, 2.75) is 32.2 Å². The molecule has 172 valence electrons. The van der Waals surface area contributed by atoms with Gasteiger partial charge in [0, 0.05) is 43.6 Å². The van der Waals surface area contributed by atoms with Gasteiger partial charge in [-0.2, -0.15) is 0 Å². The third-order valence-corrected chi connectivity index (χ3v) is 6.61. The van der Waals surface area contributed by atoms with E-state index in [-0.39, 0.29) is 37.7 Å². The summed E-state index contributed by atoms with van der Waals surface area (Å²) >= 11 is 0. The summed E-state index contributed by atoms with van der Waals surface area (Å²) in [6.45, 7) is 0.688. The summed E-state index contributed by atoms with van der Waals surface area (Å²) in [6, 6.07) is 16.3. The fraction of sp³-hybridized carbons (Fsp3) is 0.259. The molecule has 7 heteroatoms. The number of nitrogens with one attached hydrogen (secondary N) is 1. The van der Waals surface area contributed by atoms with E-state index in [0.29, 0.717) is 6.54 Å². The Hall–Kier alpha value is -4.00. The predicted molar refractivity (Wildman–Crippen MR) is 128 cm³/mol. The van der Waals surface area contributed by atoms with Crippen LogP contribution in [0.2, 0.25) is 0 Å². The number of benzene rings is 2. The zero-order valence-corrected chi connectivity index (χ0v) is 18.8. The molecule has 0 bridgehead atoms. The minimum atomic E-state index is -0.409. The number of carbonyl (C=O) groups excluding carboxylic acids is 4. The van der Waals surface area contributed by atoms with Gasteiger partial charge in [-0.25, -0.2) is 0 Å². The summed E-state index contributed by atoms with van der Waals surface area (Å²) in [5.74, 6) is -1.19. The van der Waals surface area contributed by atoms with Crippen molar-refractivity contribution in [3.8, 4) is 0 Å². The van der Waals surface area contributed by atoms with Crippen LogP contribution in [-0.2, 0) is 25.7 Å². The van der Waals surface area contributed by atoms with Crippen molar-refractivity contribution < 1.29 is 19.2 Å². The molecule has 2 heterocycles. The van der Waals surface area contributed by atoms with Crippen LogP contribution in [0.4, 0.5) is 5.69 Å². The number of hydrogen-bond acceptors (Lipinski definition) is 4. The quantitative estimate of drug-likeness (QED) is 0.679. The van der Waals surface area contributed by atoms with E-state index in [1.54, 1.807) is 0 Å². The van der Waals surface area contributed by atoms with E-state index in [9.17, 15) is 19.2 Å². The predicted octanol–water partition coefficient (Wildman–Crippen LogP) is 3.06. The van der Waals surface area contributed by atoms with Crippen LogP contribution in [0.5, 0.6) is 0 Å². The van der Waals surface area contributed by atoms with Crippen molar-refractivity contribution in [2.24, 2.45) is 0 Å². The number of nitrogens with zero attached hydrogens (tertiary/aromatic N) is 2. The maximum Gasteiger partial charge on any atom is 0.253 e. The van der Waals surface area contributed by atoms with Gasteiger partial charge in [0.2, 0.25) is 11.8 Å². The number of amides is 4. The molecule has 2 aromatic rings. The second-order valence-electron chi connectivity index (χ2n) is 8.62. The third kappa shape index (κ3) is 4.05. The minimum absolute atomic E-state index is 0.00417. The molecule has 0 spiro atoms. The first-order valence-corrected chi connectivity index (χ1v) is 11.5. The average molecular weight is 456 g/mol. The van der Waals surface area contributed by atoms with Crippen LogP contribution < -0.4 is 10.2 Å². The van der Waals surface area contributed by atoms with Crippen molar-refractivity contribution in [2.75, 3.05) is 18.0 Å². The summed E-state index contributed by atoms with van der Waals surface area (Å²) in [4.78, 5) is 51.6. The Morgan fingerprint density at radius 3 is 2.21 bits per heavy atom. The molecule has 2 aliphatic heterocycles. The topological polar surface area (TPSA) is 86.8 Å². The molecule has 0 fully saturated rings. The van der Waals surface area contributed by atoms with Crippen LogP contribution >= 0.6 is 0 Å². The molecule has 0 aromatic heterocycles. The lowest BCUT2D eigenvalue weighted by atomic mass is 9.77. The fourth-order valence-electron chi connectivity index (χ4n) is 4.76. The second-order valence-corrected chi connectivity index (χ2v) is 8.62. The van der Waals surface area contributed by atoms with Crippen LogP contribution in [-0.4, -0.2) is 41.6 Å². The van der Waals surface area contributed by atoms with Crippen LogP contribution in [0.25, 0.3) is 11.1 Å². The number of imide groups is 1. The molecule has 2 aromatic carbocycles. The zero-order chi connectivity index (χ0) is 23.7. The summed E-state index contributed by atoms with van der Waals surface area (Å²) in [7, 11) is 0. The van der Waals surface area contributed by atoms with Gasteiger partial charge in [0.15, 0.2) is 0 Å². The number of carbonyl (C=O) groups is 4. The first kappa shape index (κ1) is 21.8. The number of para-hydroxylation sites is 1. The molecular weight excluding hydrogens is 430 g/mol. The van der Waals surface area contributed by atoms with E-state index in [0.717, 1.165) is 34.6 Å². The highest BCUT2D eigenvalue weighted by atomic mass is 16.2. The van der Waals surface area contributed by atoms with E-state index in [4.69, 9.17) is 0 Å². The summed E-state index contributed by atoms with van der Waals surface area (Å²) in [6.07, 6.45) is 4.59. The zero-order valence-electron chi connectivity index (χ0n) is 18.8. The van der Waals surface area contributed by atoms with Crippen LogP contribution in [0.1, 0.15) is 42.4 Å². The number of anilines is 1. The number of allylic oxidation sites excluding steroid dienone is 2. The van der Waals surface area contributed by atoms with Gasteiger partial charge in [0.05, 0.1) is 12.2 Å². The molecule has 0 saturated carbocycles. The lowest BCUT2D eigenvalue weighted by Gasteiger charge is -2.35. The summed E-state index contributed by atoms with van der Waals surface area (Å²) in [5, 5.41) is 2.74. The maximum absolute atomic E-state index is 13.3. The van der Waals surface area contributed by atoms with Gasteiger partial charge < -0.3 is 10.2 Å². The molecule has 1 aliphatic carbocycles. The summed E-state index contributed by atoms with van der Waals surface area (Å²) < 4.78 is 0. The minimum Gasteiger partial charge on any atom is -0.356 e. The molecule has 0 radical (unpaired) electrons. The molecule has 0 saturated heterocycles. The van der Waals surface area contributed by atoms with E-state index in [1.165, 1.54) is 28.9 Å². The second kappa shape index (κ2) is 9.09. The Morgan fingerprint density at radius 2 is 1.47 bits per heavy atom. The number of hydrogen-bond donors (Lipinski definition) is 1. The van der Waals surface area contributed by atoms with E-state index in [2.05, 4.69) is 23.5 Å². The Bertz CT molecular complexity index is 1240. The Balaban J connectivity index is 1.26. The lowest BCUT2D eigenvalue weighted by molar-refractivity contribution is -0.137. The van der Waals surface area contributed by atoms with Crippen LogP contribution in [0, 0.1) is 0 Å². The van der Waals surface area contributed by atoms with Gasteiger partial charge in [-0.1, -0.05) is 42.5 Å². The molecular formula is C27H25N3O4. The van der Waals surface area contributed by atoms with Gasteiger partial charge >= 0.3 is 0 Å². The van der Waals surface area contributed by atoms with Crippen molar-refractivity contribution in [3.63, 3.8) is 0 Å². The largest absolute Gasteiger partial charge is 0.356 e. The standard InChI is InChI=1S/C27H25N3O4/c31-24(14-16-29-25(32)11-12-26(29)33)28-15-13-27(34)30-17-18-5-1-2-6-19(18)20-9-10-21(20)22-7-3-4-8-23(22)30/h1-8,11-12H,9-10,13-17H2,(H,28,31). The molecule has 34 heavy (non-hydrogen) atoms.